The van der Waals surface area contributed by atoms with Crippen LogP contribution in [-0.2, 0) is 5.41 Å². The highest BCUT2D eigenvalue weighted by atomic mass is 32.2. The molecule has 2 aromatic rings. The van der Waals surface area contributed by atoms with Crippen LogP contribution in [0.25, 0.3) is 11.4 Å². The first-order valence-electron chi connectivity index (χ1n) is 6.40. The molecule has 0 N–H and O–H groups in total. The Morgan fingerprint density at radius 3 is 2.16 bits per heavy atom. The number of aromatic nitrogens is 2. The maximum Gasteiger partial charge on any atom is 0.159 e. The molecule has 3 heteroatoms. The number of hydrogen-bond acceptors (Lipinski definition) is 3. The monoisotopic (exact) mass is 272 g/mol. The lowest BCUT2D eigenvalue weighted by atomic mass is 9.87. The number of thioether (sulfide) groups is 1. The molecule has 0 bridgehead atoms. The van der Waals surface area contributed by atoms with Gasteiger partial charge in [-0.15, -0.1) is 11.8 Å². The second-order valence-corrected chi connectivity index (χ2v) is 6.52. The number of nitrogens with zero attached hydrogens (tertiary/aromatic N) is 2. The van der Waals surface area contributed by atoms with Gasteiger partial charge in [-0.05, 0) is 24.2 Å². The van der Waals surface area contributed by atoms with Crippen LogP contribution in [0, 0.1) is 6.92 Å². The smallest absolute Gasteiger partial charge is 0.159 e. The van der Waals surface area contributed by atoms with Crippen molar-refractivity contribution in [1.82, 2.24) is 9.97 Å². The van der Waals surface area contributed by atoms with Gasteiger partial charge < -0.3 is 0 Å². The van der Waals surface area contributed by atoms with Gasteiger partial charge in [-0.3, -0.25) is 0 Å². The maximum atomic E-state index is 4.57. The first-order valence-corrected chi connectivity index (χ1v) is 7.63. The lowest BCUT2D eigenvalue weighted by Crippen LogP contribution is -2.10. The van der Waals surface area contributed by atoms with Crippen LogP contribution in [0.4, 0.5) is 0 Å². The summed E-state index contributed by atoms with van der Waals surface area (Å²) in [5.41, 5.74) is 3.62. The SMILES string of the molecule is CSc1cnc(-c2ccc(C(C)(C)C)cc2)nc1C. The van der Waals surface area contributed by atoms with E-state index < -0.39 is 0 Å². The zero-order chi connectivity index (χ0) is 14.0. The molecule has 0 aliphatic heterocycles. The van der Waals surface area contributed by atoms with Crippen molar-refractivity contribution in [2.75, 3.05) is 6.26 Å². The van der Waals surface area contributed by atoms with Crippen LogP contribution in [-0.4, -0.2) is 16.2 Å². The summed E-state index contributed by atoms with van der Waals surface area (Å²) < 4.78 is 0. The molecule has 19 heavy (non-hydrogen) atoms. The third kappa shape index (κ3) is 3.16. The van der Waals surface area contributed by atoms with Gasteiger partial charge in [0.05, 0.1) is 5.69 Å². The molecule has 2 nitrogen and oxygen atoms in total. The first kappa shape index (κ1) is 14.1. The molecular weight excluding hydrogens is 252 g/mol. The number of benzene rings is 1. The molecule has 0 fully saturated rings. The van der Waals surface area contributed by atoms with Crippen LogP contribution in [0.1, 0.15) is 32.0 Å². The van der Waals surface area contributed by atoms with Crippen molar-refractivity contribution in [2.45, 2.75) is 38.0 Å². The Morgan fingerprint density at radius 1 is 1.05 bits per heavy atom. The summed E-state index contributed by atoms with van der Waals surface area (Å²) in [6, 6.07) is 8.54. The summed E-state index contributed by atoms with van der Waals surface area (Å²) in [5, 5.41) is 0. The van der Waals surface area contributed by atoms with E-state index in [1.165, 1.54) is 5.56 Å². The maximum absolute atomic E-state index is 4.57. The van der Waals surface area contributed by atoms with Crippen LogP contribution >= 0.6 is 11.8 Å². The van der Waals surface area contributed by atoms with Crippen LogP contribution in [0.15, 0.2) is 35.4 Å². The predicted molar refractivity (Wildman–Crippen MR) is 82.7 cm³/mol. The molecule has 0 aliphatic carbocycles. The fourth-order valence-electron chi connectivity index (χ4n) is 1.91. The molecule has 0 saturated carbocycles. The lowest BCUT2D eigenvalue weighted by molar-refractivity contribution is 0.590. The van der Waals surface area contributed by atoms with Gasteiger partial charge in [-0.1, -0.05) is 45.0 Å². The van der Waals surface area contributed by atoms with Gasteiger partial charge >= 0.3 is 0 Å². The Labute approximate surface area is 119 Å². The third-order valence-corrected chi connectivity index (χ3v) is 4.00. The molecular formula is C16H20N2S. The van der Waals surface area contributed by atoms with E-state index in [1.54, 1.807) is 11.8 Å². The van der Waals surface area contributed by atoms with Crippen molar-refractivity contribution in [1.29, 1.82) is 0 Å². The summed E-state index contributed by atoms with van der Waals surface area (Å²) in [4.78, 5) is 10.1. The number of rotatable bonds is 2. The standard InChI is InChI=1S/C16H20N2S/c1-11-14(19-5)10-17-15(18-11)12-6-8-13(9-7-12)16(2,3)4/h6-10H,1-5H3. The number of hydrogen-bond donors (Lipinski definition) is 0. The average molecular weight is 272 g/mol. The van der Waals surface area contributed by atoms with Gasteiger partial charge in [-0.25, -0.2) is 9.97 Å². The minimum Gasteiger partial charge on any atom is -0.235 e. The van der Waals surface area contributed by atoms with Gasteiger partial charge in [0.15, 0.2) is 5.82 Å². The molecule has 0 radical (unpaired) electrons. The average Bonchev–Trinajstić information content (AvgIpc) is 2.38. The van der Waals surface area contributed by atoms with Crippen LogP contribution in [0.3, 0.4) is 0 Å². The third-order valence-electron chi connectivity index (χ3n) is 3.16. The molecule has 100 valence electrons. The van der Waals surface area contributed by atoms with Gasteiger partial charge in [0, 0.05) is 16.7 Å². The van der Waals surface area contributed by atoms with E-state index in [2.05, 4.69) is 55.0 Å². The highest BCUT2D eigenvalue weighted by Gasteiger charge is 2.13. The normalized spacial score (nSPS) is 11.6. The topological polar surface area (TPSA) is 25.8 Å². The number of aryl methyl sites for hydroxylation is 1. The van der Waals surface area contributed by atoms with E-state index >= 15 is 0 Å². The van der Waals surface area contributed by atoms with Crippen LogP contribution in [0.5, 0.6) is 0 Å². The van der Waals surface area contributed by atoms with Crippen molar-refractivity contribution < 1.29 is 0 Å². The minimum absolute atomic E-state index is 0.179. The zero-order valence-corrected chi connectivity index (χ0v) is 13.0. The van der Waals surface area contributed by atoms with Gasteiger partial charge in [-0.2, -0.15) is 0 Å². The Balaban J connectivity index is 2.35. The summed E-state index contributed by atoms with van der Waals surface area (Å²) in [6.07, 6.45) is 3.95. The highest BCUT2D eigenvalue weighted by Crippen LogP contribution is 2.25. The van der Waals surface area contributed by atoms with Crippen LogP contribution < -0.4 is 0 Å². The molecule has 0 amide bonds. The molecule has 1 heterocycles. The lowest BCUT2D eigenvalue weighted by Gasteiger charge is -2.19. The van der Waals surface area contributed by atoms with E-state index in [4.69, 9.17) is 0 Å². The molecule has 1 aromatic heterocycles. The van der Waals surface area contributed by atoms with Crippen molar-refractivity contribution in [2.24, 2.45) is 0 Å². The van der Waals surface area contributed by atoms with Gasteiger partial charge in [0.1, 0.15) is 0 Å². The molecule has 2 rings (SSSR count). The predicted octanol–water partition coefficient (Wildman–Crippen LogP) is 4.47. The minimum atomic E-state index is 0.179. The molecule has 0 saturated heterocycles. The second kappa shape index (κ2) is 5.33. The molecule has 0 aliphatic rings. The van der Waals surface area contributed by atoms with Crippen molar-refractivity contribution in [3.63, 3.8) is 0 Å². The summed E-state index contributed by atoms with van der Waals surface area (Å²) in [5.74, 6) is 0.802. The molecule has 0 spiro atoms. The summed E-state index contributed by atoms with van der Waals surface area (Å²) in [7, 11) is 0. The highest BCUT2D eigenvalue weighted by molar-refractivity contribution is 7.98. The zero-order valence-electron chi connectivity index (χ0n) is 12.2. The van der Waals surface area contributed by atoms with E-state index in [-0.39, 0.29) is 5.41 Å². The summed E-state index contributed by atoms with van der Waals surface area (Å²) >= 11 is 1.68. The Bertz CT molecular complexity index is 568. The Kier molecular flexibility index (Phi) is 3.95. The Morgan fingerprint density at radius 2 is 1.68 bits per heavy atom. The quantitative estimate of drug-likeness (QED) is 0.754. The molecule has 0 atom stereocenters. The fourth-order valence-corrected chi connectivity index (χ4v) is 2.41. The molecule has 1 aromatic carbocycles. The van der Waals surface area contributed by atoms with E-state index in [1.807, 2.05) is 19.4 Å². The first-order chi connectivity index (χ1) is 8.91. The van der Waals surface area contributed by atoms with Crippen molar-refractivity contribution >= 4 is 11.8 Å². The van der Waals surface area contributed by atoms with Gasteiger partial charge in [0.2, 0.25) is 0 Å². The van der Waals surface area contributed by atoms with Gasteiger partial charge in [0.25, 0.3) is 0 Å². The van der Waals surface area contributed by atoms with E-state index in [0.717, 1.165) is 22.0 Å². The van der Waals surface area contributed by atoms with E-state index in [0.29, 0.717) is 0 Å². The molecule has 0 unspecified atom stereocenters. The Hall–Kier alpha value is -1.35. The van der Waals surface area contributed by atoms with Crippen LogP contribution in [0.2, 0.25) is 0 Å². The van der Waals surface area contributed by atoms with Crippen molar-refractivity contribution in [3.8, 4) is 11.4 Å². The van der Waals surface area contributed by atoms with E-state index in [9.17, 15) is 0 Å². The summed E-state index contributed by atoms with van der Waals surface area (Å²) in [6.45, 7) is 8.68. The second-order valence-electron chi connectivity index (χ2n) is 5.67. The fraction of sp³-hybridized carbons (Fsp3) is 0.375. The largest absolute Gasteiger partial charge is 0.235 e. The van der Waals surface area contributed by atoms with Crippen molar-refractivity contribution in [3.05, 3.63) is 41.7 Å².